The Labute approximate surface area is 169 Å². The minimum Gasteiger partial charge on any atom is -0.341 e. The number of hydrogen-bond acceptors (Lipinski definition) is 4. The molecule has 3 aromatic rings. The minimum absolute atomic E-state index is 0.359. The van der Waals surface area contributed by atoms with E-state index >= 15 is 0 Å². The van der Waals surface area contributed by atoms with E-state index in [4.69, 9.17) is 15.7 Å². The molecule has 0 fully saturated rings. The minimum atomic E-state index is 0.359. The first-order chi connectivity index (χ1) is 13.7. The van der Waals surface area contributed by atoms with E-state index in [1.165, 1.54) is 34.1 Å². The fourth-order valence-corrected chi connectivity index (χ4v) is 4.42. The molecule has 0 bridgehead atoms. The maximum Gasteiger partial charge on any atom is 0.142 e. The number of nitrogens with zero attached hydrogens (tertiary/aromatic N) is 3. The number of aromatic nitrogens is 3. The van der Waals surface area contributed by atoms with E-state index in [2.05, 4.69) is 49.8 Å². The predicted molar refractivity (Wildman–Crippen MR) is 121 cm³/mol. The summed E-state index contributed by atoms with van der Waals surface area (Å²) in [5.74, 6) is 1.04. The fourth-order valence-electron chi connectivity index (χ4n) is 4.42. The summed E-state index contributed by atoms with van der Waals surface area (Å²) >= 11 is 0. The molecule has 144 valence electrons. The van der Waals surface area contributed by atoms with E-state index in [0.29, 0.717) is 6.04 Å². The topological polar surface area (TPSA) is 70.8 Å². The highest BCUT2D eigenvalue weighted by Gasteiger charge is 2.27. The maximum absolute atomic E-state index is 5.76. The molecule has 0 aliphatic heterocycles. The summed E-state index contributed by atoms with van der Waals surface area (Å²) in [6.07, 6.45) is 7.60. The number of pyridine rings is 1. The molecule has 0 amide bonds. The van der Waals surface area contributed by atoms with Gasteiger partial charge in [-0.1, -0.05) is 29.1 Å². The van der Waals surface area contributed by atoms with Crippen molar-refractivity contribution in [2.75, 3.05) is 13.1 Å². The number of aryl methyl sites for hydroxylation is 1. The molecule has 28 heavy (non-hydrogen) atoms. The van der Waals surface area contributed by atoms with Gasteiger partial charge in [-0.05, 0) is 56.8 Å². The monoisotopic (exact) mass is 373 g/mol. The normalized spacial score (nSPS) is 16.6. The second-order valence-electron chi connectivity index (χ2n) is 8.03. The van der Waals surface area contributed by atoms with Gasteiger partial charge in [-0.25, -0.2) is 4.98 Å². The van der Waals surface area contributed by atoms with Crippen LogP contribution in [0.3, 0.4) is 0 Å². The van der Waals surface area contributed by atoms with E-state index in [1.807, 2.05) is 6.20 Å². The van der Waals surface area contributed by atoms with Crippen LogP contribution < -0.4 is 16.7 Å². The Balaban J connectivity index is 1.64. The fraction of sp³-hybridized carbons (Fsp3) is 0.429. The van der Waals surface area contributed by atoms with Crippen molar-refractivity contribution in [3.8, 4) is 0 Å². The van der Waals surface area contributed by atoms with Crippen molar-refractivity contribution in [3.05, 3.63) is 47.5 Å². The van der Waals surface area contributed by atoms with Crippen molar-refractivity contribution in [2.45, 2.75) is 44.7 Å². The van der Waals surface area contributed by atoms with Gasteiger partial charge < -0.3 is 10.7 Å². The number of nitrogens with one attached hydrogen (secondary N) is 1. The quantitative estimate of drug-likeness (QED) is 0.455. The number of benzene rings is 1. The first-order valence-electron chi connectivity index (χ1n) is 10.5. The Kier molecular flexibility index (Phi) is 5.83. The van der Waals surface area contributed by atoms with Crippen molar-refractivity contribution in [1.82, 2.24) is 19.9 Å². The Morgan fingerprint density at radius 3 is 2.86 bits per heavy atom. The van der Waals surface area contributed by atoms with Gasteiger partial charge in [-0.3, -0.25) is 9.88 Å². The standard InChI is InChI=1S/C21H29B2N5/c22-15-8-9-16(23)21-20(15)26-18(27-21)13-28(12-2-1-10-24)17-7-3-5-14-6-4-11-25-19(14)17/h4,6,8-9,11,17H,1-3,5,7,10,12-13,22-24H2,(H,26,27)/t17-/m0/s1. The van der Waals surface area contributed by atoms with Crippen molar-refractivity contribution >= 4 is 37.7 Å². The van der Waals surface area contributed by atoms with E-state index in [-0.39, 0.29) is 0 Å². The summed E-state index contributed by atoms with van der Waals surface area (Å²) in [5.41, 5.74) is 13.1. The third-order valence-electron chi connectivity index (χ3n) is 5.96. The van der Waals surface area contributed by atoms with E-state index in [1.54, 1.807) is 0 Å². The molecule has 2 aromatic heterocycles. The Morgan fingerprint density at radius 1 is 1.18 bits per heavy atom. The van der Waals surface area contributed by atoms with Crippen molar-refractivity contribution in [2.24, 2.45) is 5.73 Å². The highest BCUT2D eigenvalue weighted by molar-refractivity contribution is 6.43. The maximum atomic E-state index is 5.76. The van der Waals surface area contributed by atoms with Crippen LogP contribution in [0.4, 0.5) is 0 Å². The van der Waals surface area contributed by atoms with Crippen molar-refractivity contribution < 1.29 is 0 Å². The van der Waals surface area contributed by atoms with Crippen LogP contribution >= 0.6 is 0 Å². The van der Waals surface area contributed by atoms with Gasteiger partial charge in [0, 0.05) is 6.20 Å². The van der Waals surface area contributed by atoms with E-state index in [9.17, 15) is 0 Å². The number of aromatic amines is 1. The van der Waals surface area contributed by atoms with Crippen LogP contribution in [-0.2, 0) is 13.0 Å². The average molecular weight is 373 g/mol. The lowest BCUT2D eigenvalue weighted by Gasteiger charge is -2.34. The molecule has 5 nitrogen and oxygen atoms in total. The summed E-state index contributed by atoms with van der Waals surface area (Å²) in [4.78, 5) is 15.9. The molecule has 1 aliphatic carbocycles. The predicted octanol–water partition coefficient (Wildman–Crippen LogP) is 0.0932. The van der Waals surface area contributed by atoms with Crippen LogP contribution in [0.1, 0.15) is 48.8 Å². The van der Waals surface area contributed by atoms with Crippen LogP contribution in [0.25, 0.3) is 11.0 Å². The number of hydrogen-bond donors (Lipinski definition) is 2. The van der Waals surface area contributed by atoms with Gasteiger partial charge in [0.15, 0.2) is 0 Å². The van der Waals surface area contributed by atoms with Crippen molar-refractivity contribution in [3.63, 3.8) is 0 Å². The number of fused-ring (bicyclic) bond motifs is 2. The second-order valence-corrected chi connectivity index (χ2v) is 8.03. The smallest absolute Gasteiger partial charge is 0.142 e. The summed E-state index contributed by atoms with van der Waals surface area (Å²) in [7, 11) is 4.27. The zero-order valence-corrected chi connectivity index (χ0v) is 17.0. The molecule has 0 saturated carbocycles. The van der Waals surface area contributed by atoms with E-state index in [0.717, 1.165) is 56.7 Å². The third-order valence-corrected chi connectivity index (χ3v) is 5.96. The third kappa shape index (κ3) is 3.87. The van der Waals surface area contributed by atoms with E-state index < -0.39 is 0 Å². The highest BCUT2D eigenvalue weighted by atomic mass is 15.2. The van der Waals surface area contributed by atoms with Crippen LogP contribution in [0, 0.1) is 0 Å². The van der Waals surface area contributed by atoms with Crippen LogP contribution in [0.5, 0.6) is 0 Å². The van der Waals surface area contributed by atoms with Crippen LogP contribution in [0.2, 0.25) is 0 Å². The molecular formula is C21H29B2N5. The molecule has 1 aromatic carbocycles. The van der Waals surface area contributed by atoms with Gasteiger partial charge >= 0.3 is 0 Å². The first kappa shape index (κ1) is 19.2. The number of nitrogens with two attached hydrogens (primary N) is 1. The number of unbranched alkanes of at least 4 members (excludes halogenated alkanes) is 1. The lowest BCUT2D eigenvalue weighted by Crippen LogP contribution is -2.33. The summed E-state index contributed by atoms with van der Waals surface area (Å²) < 4.78 is 0. The second kappa shape index (κ2) is 8.50. The first-order valence-corrected chi connectivity index (χ1v) is 10.5. The molecule has 1 atom stereocenters. The molecule has 1 aliphatic rings. The molecule has 0 saturated heterocycles. The van der Waals surface area contributed by atoms with Crippen LogP contribution in [-0.4, -0.2) is 48.6 Å². The summed E-state index contributed by atoms with van der Waals surface area (Å²) in [5, 5.41) is 0. The molecule has 2 heterocycles. The summed E-state index contributed by atoms with van der Waals surface area (Å²) in [6, 6.07) is 8.98. The van der Waals surface area contributed by atoms with Gasteiger partial charge in [-0.2, -0.15) is 0 Å². The largest absolute Gasteiger partial charge is 0.341 e. The highest BCUT2D eigenvalue weighted by Crippen LogP contribution is 2.33. The molecule has 0 radical (unpaired) electrons. The Hall–Kier alpha value is -2.11. The molecule has 7 heteroatoms. The Morgan fingerprint density at radius 2 is 2.04 bits per heavy atom. The number of rotatable bonds is 7. The lowest BCUT2D eigenvalue weighted by atomic mass is 9.87. The Bertz CT molecular complexity index is 916. The molecular weight excluding hydrogens is 344 g/mol. The van der Waals surface area contributed by atoms with Gasteiger partial charge in [0.25, 0.3) is 0 Å². The van der Waals surface area contributed by atoms with Gasteiger partial charge in [0.1, 0.15) is 21.5 Å². The van der Waals surface area contributed by atoms with Gasteiger partial charge in [0.2, 0.25) is 0 Å². The average Bonchev–Trinajstić information content (AvgIpc) is 3.15. The SMILES string of the molecule is Bc1ccc(B)c2[nH]c(CN(CCCCN)[C@H]3CCCc4cccnc43)nc12. The molecule has 0 unspecified atom stereocenters. The van der Waals surface area contributed by atoms with Gasteiger partial charge in [-0.15, -0.1) is 0 Å². The van der Waals surface area contributed by atoms with Gasteiger partial charge in [0.05, 0.1) is 29.3 Å². The molecule has 0 spiro atoms. The van der Waals surface area contributed by atoms with Crippen molar-refractivity contribution in [1.29, 1.82) is 0 Å². The lowest BCUT2D eigenvalue weighted by molar-refractivity contribution is 0.159. The zero-order chi connectivity index (χ0) is 19.5. The molecule has 3 N–H and O–H groups in total. The summed E-state index contributed by atoms with van der Waals surface area (Å²) in [6.45, 7) is 2.59. The zero-order valence-electron chi connectivity index (χ0n) is 17.0. The number of H-pyrrole nitrogens is 1. The molecule has 4 rings (SSSR count). The number of imidazole rings is 1. The van der Waals surface area contributed by atoms with Crippen LogP contribution in [0.15, 0.2) is 30.5 Å².